The van der Waals surface area contributed by atoms with Gasteiger partial charge in [-0.25, -0.2) is 9.37 Å². The van der Waals surface area contributed by atoms with Crippen LogP contribution in [-0.4, -0.2) is 25.6 Å². The third-order valence-corrected chi connectivity index (χ3v) is 6.50. The first kappa shape index (κ1) is 19.6. The molecule has 1 amide bonds. The van der Waals surface area contributed by atoms with Crippen LogP contribution in [0.25, 0.3) is 22.5 Å². The lowest BCUT2D eigenvalue weighted by Crippen LogP contribution is -2.30. The maximum atomic E-state index is 13.7. The van der Waals surface area contributed by atoms with Crippen LogP contribution in [0, 0.1) is 19.7 Å². The van der Waals surface area contributed by atoms with Gasteiger partial charge in [0.25, 0.3) is 0 Å². The van der Waals surface area contributed by atoms with Gasteiger partial charge in [-0.15, -0.1) is 11.3 Å². The second-order valence-electron chi connectivity index (χ2n) is 7.76. The van der Waals surface area contributed by atoms with Crippen molar-refractivity contribution in [3.8, 4) is 22.5 Å². The SMILES string of the molecule is Cc1nc2c(s1)CN(C(=O)Cn1nc(-c3ccc(F)c(C)c3)cc1-c1ccccc1)C2. The third kappa shape index (κ3) is 3.77. The number of carbonyl (C=O) groups excluding carboxylic acids is 1. The first-order chi connectivity index (χ1) is 15.0. The molecule has 0 unspecified atom stereocenters. The van der Waals surface area contributed by atoms with Crippen molar-refractivity contribution >= 4 is 17.2 Å². The molecular weight excluding hydrogens is 411 g/mol. The summed E-state index contributed by atoms with van der Waals surface area (Å²) in [4.78, 5) is 20.6. The summed E-state index contributed by atoms with van der Waals surface area (Å²) in [6.07, 6.45) is 0. The minimum Gasteiger partial charge on any atom is -0.330 e. The maximum Gasteiger partial charge on any atom is 0.245 e. The van der Waals surface area contributed by atoms with E-state index in [9.17, 15) is 9.18 Å². The fourth-order valence-electron chi connectivity index (χ4n) is 3.90. The summed E-state index contributed by atoms with van der Waals surface area (Å²) in [6, 6.07) is 16.8. The van der Waals surface area contributed by atoms with Crippen LogP contribution < -0.4 is 0 Å². The molecule has 0 radical (unpaired) electrons. The molecule has 5 nitrogen and oxygen atoms in total. The van der Waals surface area contributed by atoms with Crippen molar-refractivity contribution in [2.75, 3.05) is 0 Å². The van der Waals surface area contributed by atoms with Gasteiger partial charge in [0, 0.05) is 10.4 Å². The minimum absolute atomic E-state index is 0.00460. The van der Waals surface area contributed by atoms with Crippen LogP contribution in [0.3, 0.4) is 0 Å². The standard InChI is InChI=1S/C24H21FN4OS/c1-15-10-18(8-9-19(15)25)20-11-22(17-6-4-3-5-7-17)29(27-20)14-24(30)28-12-21-23(13-28)31-16(2)26-21/h3-11H,12-14H2,1-2H3. The van der Waals surface area contributed by atoms with E-state index in [0.717, 1.165) is 32.4 Å². The molecule has 0 atom stereocenters. The molecule has 7 heteroatoms. The second kappa shape index (κ2) is 7.74. The predicted octanol–water partition coefficient (Wildman–Crippen LogP) is 4.97. The van der Waals surface area contributed by atoms with Crippen molar-refractivity contribution < 1.29 is 9.18 Å². The molecule has 0 spiro atoms. The topological polar surface area (TPSA) is 51.0 Å². The van der Waals surface area contributed by atoms with Crippen molar-refractivity contribution in [3.05, 3.63) is 81.6 Å². The zero-order valence-electron chi connectivity index (χ0n) is 17.3. The Kier molecular flexibility index (Phi) is 4.90. The van der Waals surface area contributed by atoms with Crippen LogP contribution in [-0.2, 0) is 24.4 Å². The monoisotopic (exact) mass is 432 g/mol. The molecule has 0 fully saturated rings. The van der Waals surface area contributed by atoms with E-state index in [1.165, 1.54) is 6.07 Å². The van der Waals surface area contributed by atoms with Gasteiger partial charge in [-0.2, -0.15) is 5.10 Å². The van der Waals surface area contributed by atoms with Crippen LogP contribution in [0.4, 0.5) is 4.39 Å². The number of hydrogen-bond acceptors (Lipinski definition) is 4. The van der Waals surface area contributed by atoms with Gasteiger partial charge in [0.15, 0.2) is 0 Å². The highest BCUT2D eigenvalue weighted by Crippen LogP contribution is 2.30. The quantitative estimate of drug-likeness (QED) is 0.457. The van der Waals surface area contributed by atoms with Gasteiger partial charge in [0.1, 0.15) is 12.4 Å². The van der Waals surface area contributed by atoms with Crippen molar-refractivity contribution in [1.29, 1.82) is 0 Å². The molecule has 0 saturated carbocycles. The number of amides is 1. The van der Waals surface area contributed by atoms with Crippen LogP contribution >= 0.6 is 11.3 Å². The van der Waals surface area contributed by atoms with Gasteiger partial charge >= 0.3 is 0 Å². The maximum absolute atomic E-state index is 13.7. The summed E-state index contributed by atoms with van der Waals surface area (Å²) >= 11 is 1.65. The van der Waals surface area contributed by atoms with E-state index < -0.39 is 0 Å². The lowest BCUT2D eigenvalue weighted by Gasteiger charge is -2.16. The summed E-state index contributed by atoms with van der Waals surface area (Å²) < 4.78 is 15.5. The molecular formula is C24H21FN4OS. The molecule has 1 aliphatic heterocycles. The molecule has 0 N–H and O–H groups in total. The van der Waals surface area contributed by atoms with Crippen molar-refractivity contribution in [3.63, 3.8) is 0 Å². The van der Waals surface area contributed by atoms with E-state index >= 15 is 0 Å². The zero-order valence-corrected chi connectivity index (χ0v) is 18.1. The van der Waals surface area contributed by atoms with Gasteiger partial charge in [0.05, 0.1) is 35.2 Å². The Labute approximate surface area is 183 Å². The molecule has 31 heavy (non-hydrogen) atoms. The number of hydrogen-bond donors (Lipinski definition) is 0. The van der Waals surface area contributed by atoms with Gasteiger partial charge in [0.2, 0.25) is 5.91 Å². The molecule has 0 saturated heterocycles. The number of fused-ring (bicyclic) bond motifs is 1. The minimum atomic E-state index is -0.244. The largest absolute Gasteiger partial charge is 0.330 e. The van der Waals surface area contributed by atoms with E-state index in [4.69, 9.17) is 5.10 Å². The molecule has 2 aromatic heterocycles. The summed E-state index contributed by atoms with van der Waals surface area (Å²) in [5.41, 5.74) is 4.94. The number of carbonyl (C=O) groups is 1. The van der Waals surface area contributed by atoms with E-state index in [1.807, 2.05) is 48.2 Å². The van der Waals surface area contributed by atoms with Crippen LogP contribution in [0.2, 0.25) is 0 Å². The van der Waals surface area contributed by atoms with Gasteiger partial charge in [-0.3, -0.25) is 9.48 Å². The third-order valence-electron chi connectivity index (χ3n) is 5.50. The number of halogens is 1. The number of benzene rings is 2. The van der Waals surface area contributed by atoms with Gasteiger partial charge in [-0.1, -0.05) is 30.3 Å². The molecule has 1 aliphatic rings. The van der Waals surface area contributed by atoms with E-state index in [0.29, 0.717) is 24.3 Å². The first-order valence-corrected chi connectivity index (χ1v) is 10.9. The number of aryl methyl sites for hydroxylation is 2. The molecule has 0 bridgehead atoms. The predicted molar refractivity (Wildman–Crippen MR) is 119 cm³/mol. The number of nitrogens with zero attached hydrogens (tertiary/aromatic N) is 4. The lowest BCUT2D eigenvalue weighted by molar-refractivity contribution is -0.132. The fourth-order valence-corrected chi connectivity index (χ4v) is 4.86. The van der Waals surface area contributed by atoms with Crippen LogP contribution in [0.1, 0.15) is 21.1 Å². The summed E-state index contributed by atoms with van der Waals surface area (Å²) in [5, 5.41) is 5.76. The molecule has 4 aromatic rings. The van der Waals surface area contributed by atoms with Crippen LogP contribution in [0.5, 0.6) is 0 Å². The smallest absolute Gasteiger partial charge is 0.245 e. The van der Waals surface area contributed by atoms with Crippen molar-refractivity contribution in [2.24, 2.45) is 0 Å². The summed E-state index contributed by atoms with van der Waals surface area (Å²) in [7, 11) is 0. The fraction of sp³-hybridized carbons (Fsp3) is 0.208. The lowest BCUT2D eigenvalue weighted by atomic mass is 10.1. The second-order valence-corrected chi connectivity index (χ2v) is 9.04. The Bertz CT molecular complexity index is 1250. The Balaban J connectivity index is 1.46. The van der Waals surface area contributed by atoms with Gasteiger partial charge in [-0.05, 0) is 49.2 Å². The normalized spacial score (nSPS) is 12.9. The molecule has 0 aliphatic carbocycles. The number of rotatable bonds is 4. The summed E-state index contributed by atoms with van der Waals surface area (Å²) in [5.74, 6) is -0.239. The molecule has 156 valence electrons. The number of aromatic nitrogens is 3. The highest BCUT2D eigenvalue weighted by atomic mass is 32.1. The van der Waals surface area contributed by atoms with Gasteiger partial charge < -0.3 is 4.90 Å². The molecule has 2 aromatic carbocycles. The zero-order chi connectivity index (χ0) is 21.5. The van der Waals surface area contributed by atoms with E-state index in [2.05, 4.69) is 4.98 Å². The van der Waals surface area contributed by atoms with E-state index in [-0.39, 0.29) is 18.3 Å². The molecule has 5 rings (SSSR count). The molecule has 3 heterocycles. The van der Waals surface area contributed by atoms with E-state index in [1.54, 1.807) is 35.1 Å². The Morgan fingerprint density at radius 2 is 1.87 bits per heavy atom. The highest BCUT2D eigenvalue weighted by molar-refractivity contribution is 7.11. The van der Waals surface area contributed by atoms with Crippen molar-refractivity contribution in [2.45, 2.75) is 33.5 Å². The Morgan fingerprint density at radius 3 is 2.61 bits per heavy atom. The first-order valence-electron chi connectivity index (χ1n) is 10.1. The Hall–Kier alpha value is -3.32. The van der Waals surface area contributed by atoms with Crippen molar-refractivity contribution in [1.82, 2.24) is 19.7 Å². The Morgan fingerprint density at radius 1 is 1.06 bits per heavy atom. The summed E-state index contributed by atoms with van der Waals surface area (Å²) in [6.45, 7) is 5.01. The average Bonchev–Trinajstić information content (AvgIpc) is 3.43. The average molecular weight is 433 g/mol. The highest BCUT2D eigenvalue weighted by Gasteiger charge is 2.27. The van der Waals surface area contributed by atoms with Crippen LogP contribution in [0.15, 0.2) is 54.6 Å². The number of thiazole rings is 1.